The van der Waals surface area contributed by atoms with Gasteiger partial charge in [-0.1, -0.05) is 18.2 Å². The number of benzene rings is 1. The van der Waals surface area contributed by atoms with Gasteiger partial charge in [0.05, 0.1) is 17.3 Å². The number of anilines is 1. The maximum absolute atomic E-state index is 12.8. The SMILES string of the molecule is Cc1c(NC(=O)c2ccc(CN3CC[C@@H](O)C3)cn2)cccc1B1OC(C)(C)C(C)(C)O1. The lowest BCUT2D eigenvalue weighted by atomic mass is 9.76. The van der Waals surface area contributed by atoms with E-state index in [2.05, 4.69) is 15.2 Å². The largest absolute Gasteiger partial charge is 0.495 e. The number of amides is 1. The van der Waals surface area contributed by atoms with Crippen LogP contribution in [0.1, 0.15) is 55.7 Å². The normalized spacial score (nSPS) is 22.3. The molecule has 7 nitrogen and oxygen atoms in total. The summed E-state index contributed by atoms with van der Waals surface area (Å²) in [6.07, 6.45) is 2.29. The number of aliphatic hydroxyl groups is 1. The van der Waals surface area contributed by atoms with Gasteiger partial charge in [0.1, 0.15) is 5.69 Å². The van der Waals surface area contributed by atoms with Gasteiger partial charge in [0, 0.05) is 31.5 Å². The molecular formula is C24H32BN3O4. The minimum atomic E-state index is -0.488. The topological polar surface area (TPSA) is 83.9 Å². The van der Waals surface area contributed by atoms with Crippen molar-refractivity contribution in [1.29, 1.82) is 0 Å². The molecule has 4 rings (SSSR count). The highest BCUT2D eigenvalue weighted by Crippen LogP contribution is 2.37. The van der Waals surface area contributed by atoms with Crippen molar-refractivity contribution in [3.8, 4) is 0 Å². The fraction of sp³-hybridized carbons (Fsp3) is 0.500. The standard InChI is InChI=1S/C24H32BN3O4/c1-16-19(25-31-23(2,3)24(4,5)32-25)7-6-8-20(16)27-22(30)21-10-9-17(13-26-21)14-28-12-11-18(29)15-28/h6-10,13,18,29H,11-12,14-15H2,1-5H3,(H,27,30)/t18-/m1/s1. The Morgan fingerprint density at radius 2 is 1.94 bits per heavy atom. The van der Waals surface area contributed by atoms with E-state index in [4.69, 9.17) is 9.31 Å². The molecule has 2 aliphatic rings. The van der Waals surface area contributed by atoms with E-state index < -0.39 is 18.3 Å². The van der Waals surface area contributed by atoms with Crippen LogP contribution in [-0.2, 0) is 15.9 Å². The van der Waals surface area contributed by atoms with Crippen LogP contribution in [0.3, 0.4) is 0 Å². The lowest BCUT2D eigenvalue weighted by Crippen LogP contribution is -2.41. The van der Waals surface area contributed by atoms with Crippen LogP contribution in [-0.4, -0.2) is 58.4 Å². The smallest absolute Gasteiger partial charge is 0.399 e. The molecular weight excluding hydrogens is 405 g/mol. The third-order valence-corrected chi connectivity index (χ3v) is 6.84. The summed E-state index contributed by atoms with van der Waals surface area (Å²) in [6.45, 7) is 12.3. The van der Waals surface area contributed by atoms with Crippen LogP contribution < -0.4 is 10.8 Å². The first kappa shape index (κ1) is 22.9. The molecule has 1 aromatic heterocycles. The Labute approximate surface area is 190 Å². The predicted octanol–water partition coefficient (Wildman–Crippen LogP) is 2.51. The summed E-state index contributed by atoms with van der Waals surface area (Å²) in [5.41, 5.74) is 3.04. The highest BCUT2D eigenvalue weighted by molar-refractivity contribution is 6.62. The van der Waals surface area contributed by atoms with Gasteiger partial charge in [-0.3, -0.25) is 14.7 Å². The van der Waals surface area contributed by atoms with E-state index in [9.17, 15) is 9.90 Å². The number of nitrogens with zero attached hydrogens (tertiary/aromatic N) is 2. The summed E-state index contributed by atoms with van der Waals surface area (Å²) in [5, 5.41) is 12.6. The molecule has 170 valence electrons. The minimum Gasteiger partial charge on any atom is -0.399 e. The first-order chi connectivity index (χ1) is 15.1. The number of rotatable bonds is 5. The lowest BCUT2D eigenvalue weighted by Gasteiger charge is -2.32. The first-order valence-electron chi connectivity index (χ1n) is 11.2. The molecule has 1 atom stereocenters. The van der Waals surface area contributed by atoms with Crippen molar-refractivity contribution in [2.75, 3.05) is 18.4 Å². The van der Waals surface area contributed by atoms with Crippen molar-refractivity contribution >= 4 is 24.2 Å². The zero-order valence-electron chi connectivity index (χ0n) is 19.5. The zero-order chi connectivity index (χ0) is 23.1. The minimum absolute atomic E-state index is 0.246. The second-order valence-corrected chi connectivity index (χ2v) is 9.79. The van der Waals surface area contributed by atoms with E-state index in [1.807, 2.05) is 58.9 Å². The summed E-state index contributed by atoms with van der Waals surface area (Å²) >= 11 is 0. The average Bonchev–Trinajstić information content (AvgIpc) is 3.22. The highest BCUT2D eigenvalue weighted by Gasteiger charge is 2.52. The van der Waals surface area contributed by atoms with Crippen LogP contribution in [0.25, 0.3) is 0 Å². The Bertz CT molecular complexity index is 977. The second-order valence-electron chi connectivity index (χ2n) is 9.79. The third kappa shape index (κ3) is 4.59. The Kier molecular flexibility index (Phi) is 6.16. The Morgan fingerprint density at radius 3 is 2.53 bits per heavy atom. The summed E-state index contributed by atoms with van der Waals surface area (Å²) < 4.78 is 12.4. The van der Waals surface area contributed by atoms with E-state index in [1.165, 1.54) is 0 Å². The summed E-state index contributed by atoms with van der Waals surface area (Å²) in [6, 6.07) is 9.39. The van der Waals surface area contributed by atoms with Crippen LogP contribution >= 0.6 is 0 Å². The fourth-order valence-corrected chi connectivity index (χ4v) is 4.07. The van der Waals surface area contributed by atoms with E-state index in [0.29, 0.717) is 17.9 Å². The van der Waals surface area contributed by atoms with Crippen molar-refractivity contribution in [3.05, 3.63) is 53.3 Å². The molecule has 8 heteroatoms. The quantitative estimate of drug-likeness (QED) is 0.700. The Balaban J connectivity index is 1.44. The van der Waals surface area contributed by atoms with Crippen molar-refractivity contribution < 1.29 is 19.2 Å². The van der Waals surface area contributed by atoms with Crippen LogP contribution in [0.2, 0.25) is 0 Å². The number of carbonyl (C=O) groups is 1. The van der Waals surface area contributed by atoms with E-state index >= 15 is 0 Å². The number of hydrogen-bond acceptors (Lipinski definition) is 6. The predicted molar refractivity (Wildman–Crippen MR) is 125 cm³/mol. The summed E-state index contributed by atoms with van der Waals surface area (Å²) in [7, 11) is -0.488. The van der Waals surface area contributed by atoms with Gasteiger partial charge in [0.15, 0.2) is 0 Å². The van der Waals surface area contributed by atoms with Crippen LogP contribution in [0.4, 0.5) is 5.69 Å². The molecule has 2 aromatic rings. The Morgan fingerprint density at radius 1 is 1.22 bits per heavy atom. The highest BCUT2D eigenvalue weighted by atomic mass is 16.7. The number of likely N-dealkylation sites (tertiary alicyclic amines) is 1. The van der Waals surface area contributed by atoms with Gasteiger partial charge in [-0.25, -0.2) is 0 Å². The summed E-state index contributed by atoms with van der Waals surface area (Å²) in [5.74, 6) is -0.262. The number of aliphatic hydroxyl groups excluding tert-OH is 1. The fourth-order valence-electron chi connectivity index (χ4n) is 4.07. The molecule has 3 heterocycles. The number of pyridine rings is 1. The van der Waals surface area contributed by atoms with Crippen molar-refractivity contribution in [3.63, 3.8) is 0 Å². The van der Waals surface area contributed by atoms with Crippen LogP contribution in [0.5, 0.6) is 0 Å². The van der Waals surface area contributed by atoms with Gasteiger partial charge in [0.25, 0.3) is 5.91 Å². The van der Waals surface area contributed by atoms with Crippen LogP contribution in [0.15, 0.2) is 36.5 Å². The molecule has 0 unspecified atom stereocenters. The molecule has 0 radical (unpaired) electrons. The van der Waals surface area contributed by atoms with Gasteiger partial charge in [0.2, 0.25) is 0 Å². The second kappa shape index (κ2) is 8.59. The number of hydrogen-bond donors (Lipinski definition) is 2. The molecule has 0 spiro atoms. The molecule has 0 bridgehead atoms. The van der Waals surface area contributed by atoms with Crippen LogP contribution in [0, 0.1) is 6.92 Å². The zero-order valence-corrected chi connectivity index (χ0v) is 19.5. The molecule has 2 N–H and O–H groups in total. The molecule has 0 aliphatic carbocycles. The average molecular weight is 437 g/mol. The summed E-state index contributed by atoms with van der Waals surface area (Å²) in [4.78, 5) is 19.4. The third-order valence-electron chi connectivity index (χ3n) is 6.84. The van der Waals surface area contributed by atoms with E-state index in [1.54, 1.807) is 12.3 Å². The maximum Gasteiger partial charge on any atom is 0.495 e. The van der Waals surface area contributed by atoms with Crippen molar-refractivity contribution in [1.82, 2.24) is 9.88 Å². The molecule has 32 heavy (non-hydrogen) atoms. The van der Waals surface area contributed by atoms with E-state index in [0.717, 1.165) is 36.1 Å². The van der Waals surface area contributed by atoms with Gasteiger partial charge >= 0.3 is 7.12 Å². The lowest BCUT2D eigenvalue weighted by molar-refractivity contribution is 0.00578. The maximum atomic E-state index is 12.8. The van der Waals surface area contributed by atoms with Gasteiger partial charge in [-0.05, 0) is 69.8 Å². The first-order valence-corrected chi connectivity index (χ1v) is 11.2. The number of nitrogens with one attached hydrogen (secondary N) is 1. The molecule has 0 saturated carbocycles. The van der Waals surface area contributed by atoms with E-state index in [-0.39, 0.29) is 12.0 Å². The van der Waals surface area contributed by atoms with Gasteiger partial charge in [-0.2, -0.15) is 0 Å². The molecule has 1 amide bonds. The molecule has 2 saturated heterocycles. The van der Waals surface area contributed by atoms with Gasteiger partial charge in [-0.15, -0.1) is 0 Å². The number of β-amino-alcohol motifs (C(OH)–C–C–N with tert-alkyl or cyclic N) is 1. The van der Waals surface area contributed by atoms with Crippen molar-refractivity contribution in [2.24, 2.45) is 0 Å². The Hall–Kier alpha value is -2.26. The molecule has 2 fully saturated rings. The molecule has 2 aliphatic heterocycles. The number of carbonyl (C=O) groups excluding carboxylic acids is 1. The van der Waals surface area contributed by atoms with Crippen molar-refractivity contribution in [2.45, 2.75) is 64.9 Å². The van der Waals surface area contributed by atoms with Gasteiger partial charge < -0.3 is 19.7 Å². The number of aromatic nitrogens is 1. The molecule has 1 aromatic carbocycles. The monoisotopic (exact) mass is 437 g/mol.